The van der Waals surface area contributed by atoms with E-state index in [4.69, 9.17) is 14.5 Å². The van der Waals surface area contributed by atoms with Crippen molar-refractivity contribution in [1.29, 1.82) is 0 Å². The summed E-state index contributed by atoms with van der Waals surface area (Å²) in [5, 5.41) is 3.33. The van der Waals surface area contributed by atoms with Crippen LogP contribution in [0.2, 0.25) is 0 Å². The third-order valence-electron chi connectivity index (χ3n) is 3.65. The first-order chi connectivity index (χ1) is 10.6. The molecule has 1 heterocycles. The van der Waals surface area contributed by atoms with Crippen molar-refractivity contribution in [2.75, 3.05) is 46.5 Å². The first kappa shape index (κ1) is 20.0. The van der Waals surface area contributed by atoms with Gasteiger partial charge in [0.05, 0.1) is 26.3 Å². The summed E-state index contributed by atoms with van der Waals surface area (Å²) in [7, 11) is 2.04. The lowest BCUT2D eigenvalue weighted by atomic mass is 9.89. The molecule has 1 aliphatic rings. The van der Waals surface area contributed by atoms with Gasteiger partial charge in [-0.2, -0.15) is 0 Å². The molecule has 0 aromatic heterocycles. The Bertz CT molecular complexity index is 478. The van der Waals surface area contributed by atoms with Crippen LogP contribution in [0.15, 0.2) is 35.3 Å². The van der Waals surface area contributed by atoms with Crippen LogP contribution in [0.25, 0.3) is 0 Å². The zero-order valence-electron chi connectivity index (χ0n) is 14.2. The summed E-state index contributed by atoms with van der Waals surface area (Å²) in [6, 6.07) is 9.88. The van der Waals surface area contributed by atoms with Gasteiger partial charge in [0, 0.05) is 19.0 Å². The van der Waals surface area contributed by atoms with Gasteiger partial charge in [-0.1, -0.05) is 25.1 Å². The molecular formula is C17H28IN3O2. The van der Waals surface area contributed by atoms with E-state index in [9.17, 15) is 0 Å². The number of aliphatic imine (C=N–C) groups is 1. The number of para-hydroxylation sites is 1. The Morgan fingerprint density at radius 2 is 2.04 bits per heavy atom. The Kier molecular flexibility index (Phi) is 8.68. The van der Waals surface area contributed by atoms with Crippen molar-refractivity contribution in [3.05, 3.63) is 30.3 Å². The van der Waals surface area contributed by atoms with Crippen LogP contribution in [0.3, 0.4) is 0 Å². The van der Waals surface area contributed by atoms with Crippen LogP contribution in [0, 0.1) is 5.41 Å². The molecule has 0 radical (unpaired) electrons. The highest BCUT2D eigenvalue weighted by molar-refractivity contribution is 14.0. The highest BCUT2D eigenvalue weighted by Gasteiger charge is 2.33. The van der Waals surface area contributed by atoms with Gasteiger partial charge in [0.25, 0.3) is 0 Å². The number of likely N-dealkylation sites (N-methyl/N-ethyl adjacent to an activating group) is 1. The number of ether oxygens (including phenoxy) is 2. The third kappa shape index (κ3) is 6.55. The summed E-state index contributed by atoms with van der Waals surface area (Å²) < 4.78 is 11.0. The molecule has 1 N–H and O–H groups in total. The molecule has 1 aromatic rings. The summed E-state index contributed by atoms with van der Waals surface area (Å²) in [5.74, 6) is 1.82. The third-order valence-corrected chi connectivity index (χ3v) is 3.65. The number of halogens is 1. The van der Waals surface area contributed by atoms with E-state index in [2.05, 4.69) is 24.1 Å². The van der Waals surface area contributed by atoms with Gasteiger partial charge >= 0.3 is 0 Å². The molecule has 130 valence electrons. The Morgan fingerprint density at radius 1 is 1.35 bits per heavy atom. The van der Waals surface area contributed by atoms with Gasteiger partial charge < -0.3 is 19.7 Å². The second-order valence-electron chi connectivity index (χ2n) is 6.06. The molecule has 0 spiro atoms. The smallest absolute Gasteiger partial charge is 0.193 e. The van der Waals surface area contributed by atoms with Crippen molar-refractivity contribution in [1.82, 2.24) is 10.2 Å². The molecule has 6 heteroatoms. The predicted octanol–water partition coefficient (Wildman–Crippen LogP) is 2.62. The normalized spacial score (nSPS) is 16.0. The van der Waals surface area contributed by atoms with E-state index in [1.807, 2.05) is 37.4 Å². The number of rotatable bonds is 7. The van der Waals surface area contributed by atoms with Gasteiger partial charge in [-0.3, -0.25) is 4.99 Å². The average Bonchev–Trinajstić information content (AvgIpc) is 2.50. The first-order valence-electron chi connectivity index (χ1n) is 7.88. The van der Waals surface area contributed by atoms with Crippen LogP contribution in [0.4, 0.5) is 0 Å². The molecule has 0 bridgehead atoms. The van der Waals surface area contributed by atoms with Crippen molar-refractivity contribution < 1.29 is 9.47 Å². The van der Waals surface area contributed by atoms with Gasteiger partial charge in [-0.05, 0) is 19.1 Å². The lowest BCUT2D eigenvalue weighted by Crippen LogP contribution is -2.45. The van der Waals surface area contributed by atoms with Crippen molar-refractivity contribution in [3.8, 4) is 5.75 Å². The fourth-order valence-electron chi connectivity index (χ4n) is 2.20. The number of benzene rings is 1. The quantitative estimate of drug-likeness (QED) is 0.408. The van der Waals surface area contributed by atoms with E-state index in [0.29, 0.717) is 6.61 Å². The van der Waals surface area contributed by atoms with Gasteiger partial charge in [-0.15, -0.1) is 24.0 Å². The molecule has 0 unspecified atom stereocenters. The van der Waals surface area contributed by atoms with E-state index < -0.39 is 0 Å². The van der Waals surface area contributed by atoms with Crippen LogP contribution in [0.5, 0.6) is 5.75 Å². The SMILES string of the molecule is CCNC(=NCC1(C)COC1)N(C)CCOc1ccccc1.I. The van der Waals surface area contributed by atoms with Crippen molar-refractivity contribution >= 4 is 29.9 Å². The predicted molar refractivity (Wildman–Crippen MR) is 105 cm³/mol. The molecular weight excluding hydrogens is 405 g/mol. The zero-order chi connectivity index (χ0) is 15.8. The van der Waals surface area contributed by atoms with Crippen LogP contribution in [-0.4, -0.2) is 57.4 Å². The number of guanidine groups is 1. The van der Waals surface area contributed by atoms with Gasteiger partial charge in [0.15, 0.2) is 5.96 Å². The van der Waals surface area contributed by atoms with Gasteiger partial charge in [-0.25, -0.2) is 0 Å². The highest BCUT2D eigenvalue weighted by atomic mass is 127. The maximum Gasteiger partial charge on any atom is 0.193 e. The maximum atomic E-state index is 5.74. The molecule has 0 saturated carbocycles. The Morgan fingerprint density at radius 3 is 2.61 bits per heavy atom. The Balaban J connectivity index is 0.00000264. The first-order valence-corrected chi connectivity index (χ1v) is 7.88. The van der Waals surface area contributed by atoms with E-state index in [1.54, 1.807) is 0 Å². The van der Waals surface area contributed by atoms with Crippen LogP contribution >= 0.6 is 24.0 Å². The topological polar surface area (TPSA) is 46.1 Å². The summed E-state index contributed by atoms with van der Waals surface area (Å²) in [6.07, 6.45) is 0. The lowest BCUT2D eigenvalue weighted by molar-refractivity contribution is -0.0945. The van der Waals surface area contributed by atoms with Crippen LogP contribution in [0.1, 0.15) is 13.8 Å². The van der Waals surface area contributed by atoms with Crippen molar-refractivity contribution in [2.45, 2.75) is 13.8 Å². The lowest BCUT2D eigenvalue weighted by Gasteiger charge is -2.37. The van der Waals surface area contributed by atoms with E-state index in [0.717, 1.165) is 44.6 Å². The second kappa shape index (κ2) is 9.97. The minimum absolute atomic E-state index is 0. The molecule has 0 aliphatic carbocycles. The van der Waals surface area contributed by atoms with Gasteiger partial charge in [0.2, 0.25) is 0 Å². The molecule has 2 rings (SSSR count). The number of nitrogens with zero attached hydrogens (tertiary/aromatic N) is 2. The van der Waals surface area contributed by atoms with E-state index in [1.165, 1.54) is 0 Å². The molecule has 5 nitrogen and oxygen atoms in total. The molecule has 1 aliphatic heterocycles. The minimum atomic E-state index is 0. The molecule has 1 aromatic carbocycles. The second-order valence-corrected chi connectivity index (χ2v) is 6.06. The number of nitrogens with one attached hydrogen (secondary N) is 1. The van der Waals surface area contributed by atoms with Crippen molar-refractivity contribution in [2.24, 2.45) is 10.4 Å². The van der Waals surface area contributed by atoms with E-state index in [-0.39, 0.29) is 29.4 Å². The van der Waals surface area contributed by atoms with E-state index >= 15 is 0 Å². The Hall–Kier alpha value is -1.02. The number of hydrogen-bond acceptors (Lipinski definition) is 3. The summed E-state index contributed by atoms with van der Waals surface area (Å²) in [6.45, 7) is 8.96. The minimum Gasteiger partial charge on any atom is -0.492 e. The summed E-state index contributed by atoms with van der Waals surface area (Å²) in [4.78, 5) is 6.84. The molecule has 23 heavy (non-hydrogen) atoms. The van der Waals surface area contributed by atoms with Crippen LogP contribution in [-0.2, 0) is 4.74 Å². The van der Waals surface area contributed by atoms with Crippen LogP contribution < -0.4 is 10.1 Å². The van der Waals surface area contributed by atoms with Crippen molar-refractivity contribution in [3.63, 3.8) is 0 Å². The zero-order valence-corrected chi connectivity index (χ0v) is 16.6. The standard InChI is InChI=1S/C17H27N3O2.HI/c1-4-18-16(19-12-17(2)13-21-14-17)20(3)10-11-22-15-8-6-5-7-9-15;/h5-9H,4,10-14H2,1-3H3,(H,18,19);1H. The Labute approximate surface area is 156 Å². The summed E-state index contributed by atoms with van der Waals surface area (Å²) >= 11 is 0. The fourth-order valence-corrected chi connectivity index (χ4v) is 2.20. The molecule has 0 amide bonds. The molecule has 1 fully saturated rings. The molecule has 0 atom stereocenters. The molecule has 1 saturated heterocycles. The van der Waals surface area contributed by atoms with Gasteiger partial charge in [0.1, 0.15) is 12.4 Å². The largest absolute Gasteiger partial charge is 0.492 e. The summed E-state index contributed by atoms with van der Waals surface area (Å²) in [5.41, 5.74) is 0.196. The average molecular weight is 433 g/mol. The fraction of sp³-hybridized carbons (Fsp3) is 0.588. The number of hydrogen-bond donors (Lipinski definition) is 1. The monoisotopic (exact) mass is 433 g/mol. The maximum absolute atomic E-state index is 5.74. The highest BCUT2D eigenvalue weighted by Crippen LogP contribution is 2.26.